The maximum atomic E-state index is 13.4. The van der Waals surface area contributed by atoms with Gasteiger partial charge in [0.25, 0.3) is 0 Å². The lowest BCUT2D eigenvalue weighted by Crippen LogP contribution is -2.58. The summed E-state index contributed by atoms with van der Waals surface area (Å²) in [6.07, 6.45) is -5.65. The number of benzene rings is 2. The van der Waals surface area contributed by atoms with Gasteiger partial charge < -0.3 is 4.57 Å². The summed E-state index contributed by atoms with van der Waals surface area (Å²) in [6.45, 7) is 1.95. The van der Waals surface area contributed by atoms with Gasteiger partial charge in [-0.1, -0.05) is 48.0 Å². The van der Waals surface area contributed by atoms with Gasteiger partial charge in [-0.2, -0.15) is 35.8 Å². The van der Waals surface area contributed by atoms with E-state index in [9.17, 15) is 30.7 Å². The first-order valence-corrected chi connectivity index (χ1v) is 9.18. The molecule has 0 saturated heterocycles. The van der Waals surface area contributed by atoms with Gasteiger partial charge in [0.1, 0.15) is 0 Å². The van der Waals surface area contributed by atoms with Crippen LogP contribution in [-0.4, -0.2) is 28.9 Å². The Morgan fingerprint density at radius 2 is 1.58 bits per heavy atom. The zero-order valence-corrected chi connectivity index (χ0v) is 16.6. The van der Waals surface area contributed by atoms with Crippen molar-refractivity contribution in [3.8, 4) is 0 Å². The van der Waals surface area contributed by atoms with Crippen LogP contribution in [0, 0.1) is 6.92 Å². The minimum Gasteiger partial charge on any atom is -0.340 e. The Morgan fingerprint density at radius 1 is 0.968 bits per heavy atom. The van der Waals surface area contributed by atoms with E-state index in [1.165, 1.54) is 0 Å². The largest absolute Gasteiger partial charge is 0.462 e. The standard InChI is InChI=1S/C20H15ClF7N3/c1-12-15(10-29-30-20(27,28)18(22,23)19(24,25)26)14-7-3-5-9-17(14)31(12)11-13-6-2-4-8-16(13)21/h2-10,30H,11H2,1H3/b29-10-. The number of hydrazone groups is 1. The van der Waals surface area contributed by atoms with Gasteiger partial charge in [0.05, 0.1) is 6.21 Å². The van der Waals surface area contributed by atoms with Gasteiger partial charge in [-0.15, -0.1) is 0 Å². The lowest BCUT2D eigenvalue weighted by Gasteiger charge is -2.27. The fraction of sp³-hybridized carbons (Fsp3) is 0.250. The van der Waals surface area contributed by atoms with E-state index in [1.54, 1.807) is 60.0 Å². The number of halogens is 8. The highest BCUT2D eigenvalue weighted by Gasteiger charge is 2.73. The third-order valence-electron chi connectivity index (χ3n) is 4.71. The van der Waals surface area contributed by atoms with Crippen molar-refractivity contribution in [2.24, 2.45) is 5.10 Å². The molecule has 0 aliphatic rings. The molecule has 0 aliphatic carbocycles. The van der Waals surface area contributed by atoms with Crippen LogP contribution in [0.25, 0.3) is 10.9 Å². The van der Waals surface area contributed by atoms with E-state index in [1.807, 2.05) is 0 Å². The normalized spacial score (nSPS) is 13.3. The molecule has 2 aromatic carbocycles. The second-order valence-corrected chi connectivity index (χ2v) is 7.12. The molecule has 1 heterocycles. The highest BCUT2D eigenvalue weighted by atomic mass is 35.5. The highest BCUT2D eigenvalue weighted by molar-refractivity contribution is 6.31. The molecule has 31 heavy (non-hydrogen) atoms. The summed E-state index contributed by atoms with van der Waals surface area (Å²) in [7, 11) is 0. The van der Waals surface area contributed by atoms with Crippen molar-refractivity contribution < 1.29 is 30.7 Å². The Kier molecular flexibility index (Phi) is 5.96. The van der Waals surface area contributed by atoms with Gasteiger partial charge in [0.2, 0.25) is 0 Å². The van der Waals surface area contributed by atoms with Crippen LogP contribution in [0.4, 0.5) is 30.7 Å². The van der Waals surface area contributed by atoms with Crippen LogP contribution in [0.1, 0.15) is 16.8 Å². The second-order valence-electron chi connectivity index (χ2n) is 6.71. The average Bonchev–Trinajstić information content (AvgIpc) is 2.94. The molecule has 0 bridgehead atoms. The molecule has 1 N–H and O–H groups in total. The Hall–Kier alpha value is -2.75. The average molecular weight is 466 g/mol. The van der Waals surface area contributed by atoms with Crippen LogP contribution in [0.5, 0.6) is 0 Å². The molecule has 0 unspecified atom stereocenters. The molecular weight excluding hydrogens is 451 g/mol. The summed E-state index contributed by atoms with van der Waals surface area (Å²) in [6, 6.07) is 8.21. The number of nitrogens with one attached hydrogen (secondary N) is 1. The van der Waals surface area contributed by atoms with Crippen LogP contribution in [0.15, 0.2) is 53.6 Å². The van der Waals surface area contributed by atoms with Crippen LogP contribution >= 0.6 is 11.6 Å². The first kappa shape index (κ1) is 22.9. The fourth-order valence-electron chi connectivity index (χ4n) is 3.05. The molecule has 3 rings (SSSR count). The fourth-order valence-corrected chi connectivity index (χ4v) is 3.24. The number of fused-ring (bicyclic) bond motifs is 1. The quantitative estimate of drug-likeness (QED) is 0.195. The van der Waals surface area contributed by atoms with Crippen molar-refractivity contribution in [2.75, 3.05) is 0 Å². The molecule has 166 valence electrons. The summed E-state index contributed by atoms with van der Waals surface area (Å²) in [4.78, 5) is 0. The third-order valence-corrected chi connectivity index (χ3v) is 5.08. The predicted molar refractivity (Wildman–Crippen MR) is 104 cm³/mol. The molecule has 0 fully saturated rings. The number of nitrogens with zero attached hydrogens (tertiary/aromatic N) is 2. The Labute approximate surface area is 177 Å². The zero-order valence-electron chi connectivity index (χ0n) is 15.8. The molecule has 3 aromatic rings. The van der Waals surface area contributed by atoms with E-state index in [4.69, 9.17) is 11.6 Å². The topological polar surface area (TPSA) is 29.3 Å². The molecule has 11 heteroatoms. The van der Waals surface area contributed by atoms with Gasteiger partial charge in [-0.05, 0) is 24.6 Å². The van der Waals surface area contributed by atoms with Crippen molar-refractivity contribution in [3.05, 3.63) is 70.4 Å². The van der Waals surface area contributed by atoms with Crippen molar-refractivity contribution in [3.63, 3.8) is 0 Å². The maximum Gasteiger partial charge on any atom is 0.462 e. The van der Waals surface area contributed by atoms with Crippen LogP contribution < -0.4 is 5.43 Å². The van der Waals surface area contributed by atoms with Crippen molar-refractivity contribution in [1.82, 2.24) is 9.99 Å². The molecule has 0 aliphatic heterocycles. The van der Waals surface area contributed by atoms with Gasteiger partial charge in [0.15, 0.2) is 0 Å². The van der Waals surface area contributed by atoms with E-state index >= 15 is 0 Å². The van der Waals surface area contributed by atoms with E-state index < -0.39 is 18.1 Å². The Bertz CT molecular complexity index is 1120. The summed E-state index contributed by atoms with van der Waals surface area (Å²) < 4.78 is 91.5. The first-order valence-electron chi connectivity index (χ1n) is 8.80. The van der Waals surface area contributed by atoms with Crippen molar-refractivity contribution in [2.45, 2.75) is 31.6 Å². The van der Waals surface area contributed by atoms with Gasteiger partial charge >= 0.3 is 18.1 Å². The molecule has 0 saturated carbocycles. The third kappa shape index (κ3) is 4.21. The molecular formula is C20H15ClF7N3. The van der Waals surface area contributed by atoms with Gasteiger partial charge in [0, 0.05) is 33.7 Å². The Morgan fingerprint density at radius 3 is 2.23 bits per heavy atom. The zero-order chi connectivity index (χ0) is 23.0. The van der Waals surface area contributed by atoms with Crippen molar-refractivity contribution in [1.29, 1.82) is 0 Å². The maximum absolute atomic E-state index is 13.4. The number of rotatable bonds is 6. The summed E-state index contributed by atoms with van der Waals surface area (Å²) in [5.41, 5.74) is 2.90. The van der Waals surface area contributed by atoms with Crippen LogP contribution in [0.3, 0.4) is 0 Å². The molecule has 0 radical (unpaired) electrons. The number of hydrogen-bond acceptors (Lipinski definition) is 2. The molecule has 0 amide bonds. The lowest BCUT2D eigenvalue weighted by molar-refractivity contribution is -0.361. The van der Waals surface area contributed by atoms with Crippen LogP contribution in [0.2, 0.25) is 5.02 Å². The van der Waals surface area contributed by atoms with Gasteiger partial charge in [-0.3, -0.25) is 0 Å². The molecule has 0 spiro atoms. The lowest BCUT2D eigenvalue weighted by atomic mass is 10.1. The molecule has 3 nitrogen and oxygen atoms in total. The minimum absolute atomic E-state index is 0.279. The summed E-state index contributed by atoms with van der Waals surface area (Å²) in [5, 5.41) is 4.05. The van der Waals surface area contributed by atoms with Gasteiger partial charge in [-0.25, -0.2) is 5.43 Å². The summed E-state index contributed by atoms with van der Waals surface area (Å²) in [5.74, 6) is -6.30. The van der Waals surface area contributed by atoms with Crippen LogP contribution in [-0.2, 0) is 6.54 Å². The summed E-state index contributed by atoms with van der Waals surface area (Å²) >= 11 is 6.20. The second kappa shape index (κ2) is 8.07. The smallest absolute Gasteiger partial charge is 0.340 e. The van der Waals surface area contributed by atoms with Crippen molar-refractivity contribution >= 4 is 28.7 Å². The Balaban J connectivity index is 1.97. The van der Waals surface area contributed by atoms with E-state index in [0.717, 1.165) is 11.8 Å². The first-order chi connectivity index (χ1) is 14.4. The monoisotopic (exact) mass is 465 g/mol. The number of alkyl halides is 7. The molecule has 1 aromatic heterocycles. The number of hydrogen-bond donors (Lipinski definition) is 1. The van der Waals surface area contributed by atoms with E-state index in [0.29, 0.717) is 33.6 Å². The number of aromatic nitrogens is 1. The minimum atomic E-state index is -6.44. The molecule has 0 atom stereocenters. The van der Waals surface area contributed by atoms with E-state index in [2.05, 4.69) is 5.10 Å². The highest BCUT2D eigenvalue weighted by Crippen LogP contribution is 2.45. The van der Waals surface area contributed by atoms with E-state index in [-0.39, 0.29) is 5.56 Å². The number of para-hydroxylation sites is 1. The SMILES string of the molecule is Cc1c(/C=N\NC(F)(F)C(F)(F)C(F)(F)F)c2ccccc2n1Cc1ccccc1Cl. The predicted octanol–water partition coefficient (Wildman–Crippen LogP) is 6.37.